The van der Waals surface area contributed by atoms with E-state index in [0.717, 1.165) is 17.7 Å². The van der Waals surface area contributed by atoms with Crippen LogP contribution in [0.3, 0.4) is 0 Å². The molecule has 1 atom stereocenters. The second kappa shape index (κ2) is 4.00. The molecule has 0 bridgehead atoms. The summed E-state index contributed by atoms with van der Waals surface area (Å²) in [6.07, 6.45) is 1.41. The van der Waals surface area contributed by atoms with E-state index in [1.807, 2.05) is 13.8 Å². The highest BCUT2D eigenvalue weighted by Gasteiger charge is 2.30. The highest BCUT2D eigenvalue weighted by atomic mass is 16.5. The molecule has 2 rings (SSSR count). The van der Waals surface area contributed by atoms with E-state index in [1.54, 1.807) is 0 Å². The lowest BCUT2D eigenvalue weighted by Gasteiger charge is -2.34. The molecular formula is C12H14NO4-. The number of H-pyrrole nitrogens is 1. The second-order valence-electron chi connectivity index (χ2n) is 4.57. The van der Waals surface area contributed by atoms with Gasteiger partial charge in [-0.1, -0.05) is 6.92 Å². The molecule has 1 aromatic rings. The van der Waals surface area contributed by atoms with Gasteiger partial charge in [0.2, 0.25) is 0 Å². The van der Waals surface area contributed by atoms with Gasteiger partial charge in [-0.15, -0.1) is 0 Å². The van der Waals surface area contributed by atoms with Crippen molar-refractivity contribution in [2.75, 3.05) is 0 Å². The first kappa shape index (κ1) is 11.9. The Morgan fingerprint density at radius 1 is 1.65 bits per heavy atom. The predicted molar refractivity (Wildman–Crippen MR) is 58.6 cm³/mol. The molecule has 1 aliphatic heterocycles. The van der Waals surface area contributed by atoms with Crippen molar-refractivity contribution in [1.82, 2.24) is 4.98 Å². The van der Waals surface area contributed by atoms with Crippen LogP contribution in [0.4, 0.5) is 0 Å². The fourth-order valence-electron chi connectivity index (χ4n) is 1.95. The Hall–Kier alpha value is -1.62. The normalized spacial score (nSPS) is 23.2. The van der Waals surface area contributed by atoms with Gasteiger partial charge in [-0.05, 0) is 25.0 Å². The number of hydrogen-bond donors (Lipinski definition) is 1. The van der Waals surface area contributed by atoms with Crippen molar-refractivity contribution in [1.29, 1.82) is 0 Å². The lowest BCUT2D eigenvalue weighted by Crippen LogP contribution is -2.38. The Bertz CT molecular complexity index is 520. The zero-order chi connectivity index (χ0) is 12.6. The number of fused-ring (bicyclic) bond motifs is 1. The van der Waals surface area contributed by atoms with E-state index in [9.17, 15) is 14.7 Å². The number of aromatic amines is 1. The fourth-order valence-corrected chi connectivity index (χ4v) is 1.95. The molecule has 0 saturated heterocycles. The van der Waals surface area contributed by atoms with Crippen molar-refractivity contribution >= 4 is 5.97 Å². The summed E-state index contributed by atoms with van der Waals surface area (Å²) < 4.78 is 5.68. The smallest absolute Gasteiger partial charge is 0.257 e. The van der Waals surface area contributed by atoms with Gasteiger partial charge in [-0.2, -0.15) is 0 Å². The zero-order valence-corrected chi connectivity index (χ0v) is 9.83. The van der Waals surface area contributed by atoms with E-state index >= 15 is 0 Å². The van der Waals surface area contributed by atoms with Gasteiger partial charge in [-0.3, -0.25) is 4.79 Å². The number of aromatic carboxylic acids is 1. The Labute approximate surface area is 98.4 Å². The first-order valence-electron chi connectivity index (χ1n) is 5.55. The van der Waals surface area contributed by atoms with E-state index in [0.29, 0.717) is 13.0 Å². The molecule has 1 N–H and O–H groups in total. The highest BCUT2D eigenvalue weighted by Crippen LogP contribution is 2.28. The van der Waals surface area contributed by atoms with Crippen LogP contribution in [0.5, 0.6) is 0 Å². The molecule has 1 aromatic heterocycles. The lowest BCUT2D eigenvalue weighted by atomic mass is 9.91. The van der Waals surface area contributed by atoms with E-state index in [2.05, 4.69) is 4.98 Å². The molecule has 0 saturated carbocycles. The van der Waals surface area contributed by atoms with Crippen LogP contribution in [-0.4, -0.2) is 16.6 Å². The average molecular weight is 236 g/mol. The zero-order valence-electron chi connectivity index (χ0n) is 9.83. The van der Waals surface area contributed by atoms with Gasteiger partial charge in [-0.25, -0.2) is 0 Å². The number of hydrogen-bond acceptors (Lipinski definition) is 4. The van der Waals surface area contributed by atoms with Gasteiger partial charge < -0.3 is 19.6 Å². The van der Waals surface area contributed by atoms with Crippen LogP contribution in [0.15, 0.2) is 10.9 Å². The summed E-state index contributed by atoms with van der Waals surface area (Å²) in [6.45, 7) is 4.30. The van der Waals surface area contributed by atoms with Crippen molar-refractivity contribution in [3.63, 3.8) is 0 Å². The van der Waals surface area contributed by atoms with Crippen LogP contribution in [0, 0.1) is 0 Å². The molecule has 0 unspecified atom stereocenters. The number of carbonyl (C=O) groups excluding carboxylic acids is 1. The number of carboxylic acid groups (broad SMARTS) is 1. The Morgan fingerprint density at radius 2 is 2.35 bits per heavy atom. The maximum atomic E-state index is 11.5. The van der Waals surface area contributed by atoms with Crippen LogP contribution in [0.2, 0.25) is 0 Å². The summed E-state index contributed by atoms with van der Waals surface area (Å²) in [4.78, 5) is 24.8. The number of carbonyl (C=O) groups is 1. The van der Waals surface area contributed by atoms with Gasteiger partial charge >= 0.3 is 0 Å². The molecule has 0 fully saturated rings. The monoisotopic (exact) mass is 236 g/mol. The molecule has 0 radical (unpaired) electrons. The Kier molecular flexibility index (Phi) is 2.79. The SMILES string of the molecule is CC[C@@]1(C)Cc2[nH]c(=O)c(C(=O)[O-])cc2CO1. The first-order chi connectivity index (χ1) is 7.95. The third kappa shape index (κ3) is 2.10. The number of nitrogens with one attached hydrogen (secondary N) is 1. The minimum atomic E-state index is -1.46. The molecule has 0 amide bonds. The van der Waals surface area contributed by atoms with Crippen molar-refractivity contribution in [3.8, 4) is 0 Å². The number of carboxylic acids is 1. The molecule has 1 aliphatic rings. The van der Waals surface area contributed by atoms with Crippen LogP contribution in [-0.2, 0) is 17.8 Å². The van der Waals surface area contributed by atoms with Gasteiger partial charge in [0.25, 0.3) is 5.56 Å². The van der Waals surface area contributed by atoms with E-state index < -0.39 is 11.5 Å². The van der Waals surface area contributed by atoms with Crippen LogP contribution < -0.4 is 10.7 Å². The summed E-state index contributed by atoms with van der Waals surface area (Å²) in [6, 6.07) is 1.35. The topological polar surface area (TPSA) is 82.2 Å². The highest BCUT2D eigenvalue weighted by molar-refractivity contribution is 5.85. The van der Waals surface area contributed by atoms with E-state index in [4.69, 9.17) is 4.74 Å². The lowest BCUT2D eigenvalue weighted by molar-refractivity contribution is -0.255. The standard InChI is InChI=1S/C12H15NO4/c1-3-12(2)5-9-7(6-17-12)4-8(11(15)16)10(14)13-9/h4H,3,5-6H2,1-2H3,(H,13,14)(H,15,16)/p-1/t12-/m0/s1. The van der Waals surface area contributed by atoms with Gasteiger partial charge in [0.15, 0.2) is 0 Å². The van der Waals surface area contributed by atoms with Gasteiger partial charge in [0, 0.05) is 12.1 Å². The third-order valence-corrected chi connectivity index (χ3v) is 3.31. The van der Waals surface area contributed by atoms with Crippen molar-refractivity contribution in [2.24, 2.45) is 0 Å². The number of ether oxygens (including phenoxy) is 1. The maximum Gasteiger partial charge on any atom is 0.257 e. The van der Waals surface area contributed by atoms with Gasteiger partial charge in [0.1, 0.15) is 0 Å². The Balaban J connectivity index is 2.46. The minimum Gasteiger partial charge on any atom is -0.545 e. The van der Waals surface area contributed by atoms with Crippen molar-refractivity contribution in [2.45, 2.75) is 38.9 Å². The molecule has 2 heterocycles. The van der Waals surface area contributed by atoms with Crippen LogP contribution in [0.1, 0.15) is 41.9 Å². The van der Waals surface area contributed by atoms with Gasteiger partial charge in [0.05, 0.1) is 23.7 Å². The third-order valence-electron chi connectivity index (χ3n) is 3.31. The van der Waals surface area contributed by atoms with Crippen LogP contribution in [0.25, 0.3) is 0 Å². The van der Waals surface area contributed by atoms with E-state index in [1.165, 1.54) is 6.07 Å². The molecule has 92 valence electrons. The number of aromatic nitrogens is 1. The first-order valence-corrected chi connectivity index (χ1v) is 5.55. The minimum absolute atomic E-state index is 0.293. The predicted octanol–water partition coefficient (Wildman–Crippen LogP) is -0.0202. The molecule has 5 heteroatoms. The molecule has 0 spiro atoms. The van der Waals surface area contributed by atoms with Crippen molar-refractivity contribution < 1.29 is 14.6 Å². The second-order valence-corrected chi connectivity index (χ2v) is 4.57. The summed E-state index contributed by atoms with van der Waals surface area (Å²) >= 11 is 0. The van der Waals surface area contributed by atoms with Crippen LogP contribution >= 0.6 is 0 Å². The number of rotatable bonds is 2. The fraction of sp³-hybridized carbons (Fsp3) is 0.500. The molecule has 5 nitrogen and oxygen atoms in total. The largest absolute Gasteiger partial charge is 0.545 e. The quantitative estimate of drug-likeness (QED) is 0.782. The molecular weight excluding hydrogens is 222 g/mol. The number of pyridine rings is 1. The summed E-state index contributed by atoms with van der Waals surface area (Å²) in [5.41, 5.74) is 0.237. The van der Waals surface area contributed by atoms with Crippen molar-refractivity contribution in [3.05, 3.63) is 33.2 Å². The summed E-state index contributed by atoms with van der Waals surface area (Å²) in [7, 11) is 0. The molecule has 0 aromatic carbocycles. The van der Waals surface area contributed by atoms with E-state index in [-0.39, 0.29) is 11.2 Å². The molecule has 0 aliphatic carbocycles. The maximum absolute atomic E-state index is 11.5. The summed E-state index contributed by atoms with van der Waals surface area (Å²) in [5, 5.41) is 10.7. The Morgan fingerprint density at radius 3 is 2.94 bits per heavy atom. The summed E-state index contributed by atoms with van der Waals surface area (Å²) in [5.74, 6) is -1.46. The molecule has 17 heavy (non-hydrogen) atoms. The average Bonchev–Trinajstić information content (AvgIpc) is 2.27.